The van der Waals surface area contributed by atoms with Crippen molar-refractivity contribution in [3.05, 3.63) is 33.8 Å². The van der Waals surface area contributed by atoms with Crippen LogP contribution in [0.4, 0.5) is 0 Å². The molecule has 27 heavy (non-hydrogen) atoms. The highest BCUT2D eigenvalue weighted by atomic mass is 127. The van der Waals surface area contributed by atoms with Gasteiger partial charge in [0.15, 0.2) is 5.96 Å². The molecule has 1 fully saturated rings. The van der Waals surface area contributed by atoms with Crippen LogP contribution in [0, 0.1) is 0 Å². The van der Waals surface area contributed by atoms with Gasteiger partial charge in [-0.25, -0.2) is 0 Å². The Morgan fingerprint density at radius 1 is 1.19 bits per heavy atom. The number of guanidine groups is 1. The second-order valence-electron chi connectivity index (χ2n) is 6.91. The van der Waals surface area contributed by atoms with Crippen molar-refractivity contribution in [1.29, 1.82) is 0 Å². The van der Waals surface area contributed by atoms with E-state index in [9.17, 15) is 0 Å². The number of benzene rings is 1. The number of halogens is 3. The molecule has 1 saturated heterocycles. The zero-order chi connectivity index (χ0) is 18.9. The van der Waals surface area contributed by atoms with Gasteiger partial charge in [-0.1, -0.05) is 29.3 Å². The Bertz CT molecular complexity index is 591. The molecule has 1 aromatic rings. The Morgan fingerprint density at radius 2 is 1.89 bits per heavy atom. The summed E-state index contributed by atoms with van der Waals surface area (Å²) in [6, 6.07) is 6.17. The van der Waals surface area contributed by atoms with Crippen LogP contribution in [0.1, 0.15) is 18.9 Å². The summed E-state index contributed by atoms with van der Waals surface area (Å²) in [5.41, 5.74) is 1.13. The van der Waals surface area contributed by atoms with Crippen LogP contribution >= 0.6 is 47.2 Å². The van der Waals surface area contributed by atoms with E-state index in [2.05, 4.69) is 39.4 Å². The summed E-state index contributed by atoms with van der Waals surface area (Å²) in [7, 11) is 4.00. The summed E-state index contributed by atoms with van der Waals surface area (Å²) in [4.78, 5) is 9.22. The first-order valence-corrected chi connectivity index (χ1v) is 10.1. The van der Waals surface area contributed by atoms with E-state index in [0.717, 1.165) is 68.7 Å². The second-order valence-corrected chi connectivity index (χ2v) is 7.75. The third-order valence-electron chi connectivity index (χ3n) is 4.88. The van der Waals surface area contributed by atoms with Gasteiger partial charge in [-0.15, -0.1) is 24.0 Å². The molecule has 1 aliphatic heterocycles. The fourth-order valence-corrected chi connectivity index (χ4v) is 3.57. The van der Waals surface area contributed by atoms with E-state index in [4.69, 9.17) is 23.2 Å². The second kappa shape index (κ2) is 13.0. The number of aliphatic imine (C=N–C) groups is 1. The van der Waals surface area contributed by atoms with E-state index < -0.39 is 0 Å². The Kier molecular flexibility index (Phi) is 12.0. The quantitative estimate of drug-likeness (QED) is 0.247. The average molecular weight is 528 g/mol. The molecule has 1 atom stereocenters. The number of nitrogens with one attached hydrogen (secondary N) is 2. The third kappa shape index (κ3) is 8.73. The molecule has 2 N–H and O–H groups in total. The minimum absolute atomic E-state index is 0. The first kappa shape index (κ1) is 24.8. The lowest BCUT2D eigenvalue weighted by atomic mass is 10.1. The number of aryl methyl sites for hydroxylation is 1. The molecule has 5 nitrogen and oxygen atoms in total. The Morgan fingerprint density at radius 3 is 2.52 bits per heavy atom. The molecule has 2 rings (SSSR count). The Balaban J connectivity index is 0.00000364. The van der Waals surface area contributed by atoms with Gasteiger partial charge in [-0.2, -0.15) is 0 Å². The minimum Gasteiger partial charge on any atom is -0.356 e. The van der Waals surface area contributed by atoms with E-state index in [1.54, 1.807) is 6.07 Å². The van der Waals surface area contributed by atoms with Crippen molar-refractivity contribution in [3.8, 4) is 0 Å². The van der Waals surface area contributed by atoms with E-state index >= 15 is 0 Å². The maximum atomic E-state index is 6.22. The number of rotatable bonds is 7. The van der Waals surface area contributed by atoms with Crippen LogP contribution in [0.15, 0.2) is 23.2 Å². The fraction of sp³-hybridized carbons (Fsp3) is 0.632. The summed E-state index contributed by atoms with van der Waals surface area (Å²) in [5, 5.41) is 8.23. The number of hydrogen-bond donors (Lipinski definition) is 2. The molecule has 1 unspecified atom stereocenters. The molecule has 0 aromatic heterocycles. The Hall–Kier alpha value is -0.280. The van der Waals surface area contributed by atoms with Gasteiger partial charge in [0.1, 0.15) is 0 Å². The van der Waals surface area contributed by atoms with Gasteiger partial charge in [0.25, 0.3) is 0 Å². The van der Waals surface area contributed by atoms with Crippen molar-refractivity contribution in [2.75, 3.05) is 53.4 Å². The lowest BCUT2D eigenvalue weighted by Gasteiger charge is -2.36. The Labute approximate surface area is 190 Å². The summed E-state index contributed by atoms with van der Waals surface area (Å²) >= 11 is 12.2. The van der Waals surface area contributed by atoms with Gasteiger partial charge >= 0.3 is 0 Å². The summed E-state index contributed by atoms with van der Waals surface area (Å²) < 4.78 is 0. The summed E-state index contributed by atoms with van der Waals surface area (Å²) in [6.07, 6.45) is 1.90. The predicted octanol–water partition coefficient (Wildman–Crippen LogP) is 3.34. The highest BCUT2D eigenvalue weighted by molar-refractivity contribution is 14.0. The van der Waals surface area contributed by atoms with Crippen LogP contribution in [0.25, 0.3) is 0 Å². The number of likely N-dealkylation sites (N-methyl/N-ethyl adjacent to an activating group) is 1. The average Bonchev–Trinajstić information content (AvgIpc) is 2.63. The maximum Gasteiger partial charge on any atom is 0.191 e. The standard InChI is InChI=1S/C19H31Cl2N5.HI/c1-15(26-11-9-25(3)10-12-26)14-24-19(22-2)23-8-4-5-16-6-7-17(20)13-18(16)21;/h6-7,13,15H,4-5,8-12,14H2,1-3H3,(H2,22,23,24);1H. The molecule has 1 aromatic carbocycles. The molecular weight excluding hydrogens is 496 g/mol. The number of hydrogen-bond acceptors (Lipinski definition) is 3. The van der Waals surface area contributed by atoms with E-state index in [0.29, 0.717) is 11.1 Å². The minimum atomic E-state index is 0. The maximum absolute atomic E-state index is 6.22. The number of piperazine rings is 1. The van der Waals surface area contributed by atoms with Gasteiger partial charge in [0, 0.05) is 62.4 Å². The lowest BCUT2D eigenvalue weighted by Crippen LogP contribution is -2.52. The van der Waals surface area contributed by atoms with Crippen molar-refractivity contribution in [2.24, 2.45) is 4.99 Å². The van der Waals surface area contributed by atoms with Gasteiger partial charge in [0.05, 0.1) is 0 Å². The highest BCUT2D eigenvalue weighted by Gasteiger charge is 2.18. The number of nitrogens with zero attached hydrogens (tertiary/aromatic N) is 3. The van der Waals surface area contributed by atoms with Crippen LogP contribution in [-0.2, 0) is 6.42 Å². The molecule has 1 aliphatic rings. The molecule has 0 amide bonds. The van der Waals surface area contributed by atoms with Crippen LogP contribution in [0.3, 0.4) is 0 Å². The zero-order valence-corrected chi connectivity index (χ0v) is 20.3. The normalized spacial score (nSPS) is 17.3. The molecule has 0 aliphatic carbocycles. The molecule has 1 heterocycles. The lowest BCUT2D eigenvalue weighted by molar-refractivity contribution is 0.120. The molecule has 0 bridgehead atoms. The predicted molar refractivity (Wildman–Crippen MR) is 128 cm³/mol. The zero-order valence-electron chi connectivity index (χ0n) is 16.5. The summed E-state index contributed by atoms with van der Waals surface area (Å²) in [6.45, 7) is 8.57. The molecule has 154 valence electrons. The first-order chi connectivity index (χ1) is 12.5. The largest absolute Gasteiger partial charge is 0.356 e. The van der Waals surface area contributed by atoms with Crippen LogP contribution in [0.2, 0.25) is 10.0 Å². The third-order valence-corrected chi connectivity index (χ3v) is 5.47. The molecule has 0 spiro atoms. The topological polar surface area (TPSA) is 42.9 Å². The first-order valence-electron chi connectivity index (χ1n) is 9.30. The van der Waals surface area contributed by atoms with Gasteiger partial charge in [0.2, 0.25) is 0 Å². The van der Waals surface area contributed by atoms with Crippen LogP contribution in [0.5, 0.6) is 0 Å². The molecule has 8 heteroatoms. The summed E-state index contributed by atoms with van der Waals surface area (Å²) in [5.74, 6) is 0.855. The van der Waals surface area contributed by atoms with Crippen molar-refractivity contribution in [3.63, 3.8) is 0 Å². The highest BCUT2D eigenvalue weighted by Crippen LogP contribution is 2.21. The van der Waals surface area contributed by atoms with E-state index in [-0.39, 0.29) is 24.0 Å². The van der Waals surface area contributed by atoms with Crippen LogP contribution < -0.4 is 10.6 Å². The molecular formula is C19H32Cl2IN5. The fourth-order valence-electron chi connectivity index (χ4n) is 3.07. The van der Waals surface area contributed by atoms with Gasteiger partial charge < -0.3 is 15.5 Å². The molecule has 0 saturated carbocycles. The van der Waals surface area contributed by atoms with Crippen molar-refractivity contribution >= 4 is 53.1 Å². The smallest absolute Gasteiger partial charge is 0.191 e. The van der Waals surface area contributed by atoms with E-state index in [1.807, 2.05) is 19.2 Å². The monoisotopic (exact) mass is 527 g/mol. The SMILES string of the molecule is CN=C(NCCCc1ccc(Cl)cc1Cl)NCC(C)N1CCN(C)CC1.I. The van der Waals surface area contributed by atoms with Gasteiger partial charge in [-0.3, -0.25) is 9.89 Å². The van der Waals surface area contributed by atoms with E-state index in [1.165, 1.54) is 0 Å². The van der Waals surface area contributed by atoms with Crippen molar-refractivity contribution < 1.29 is 0 Å². The van der Waals surface area contributed by atoms with Crippen LogP contribution in [-0.4, -0.2) is 75.2 Å². The van der Waals surface area contributed by atoms with Gasteiger partial charge in [-0.05, 0) is 44.5 Å². The van der Waals surface area contributed by atoms with Crippen molar-refractivity contribution in [2.45, 2.75) is 25.8 Å². The molecule has 0 radical (unpaired) electrons. The van der Waals surface area contributed by atoms with Crippen molar-refractivity contribution in [1.82, 2.24) is 20.4 Å².